The van der Waals surface area contributed by atoms with Crippen LogP contribution in [-0.2, 0) is 4.79 Å². The summed E-state index contributed by atoms with van der Waals surface area (Å²) in [6.07, 6.45) is 9.88. The Labute approximate surface area is 193 Å². The third-order valence-electron chi connectivity index (χ3n) is 6.69. The Kier molecular flexibility index (Phi) is 6.13. The average Bonchev–Trinajstić information content (AvgIpc) is 3.47. The Morgan fingerprint density at radius 1 is 1.06 bits per heavy atom. The predicted octanol–water partition coefficient (Wildman–Crippen LogP) is 3.99. The molecule has 33 heavy (non-hydrogen) atoms. The van der Waals surface area contributed by atoms with Gasteiger partial charge in [0.2, 0.25) is 11.9 Å². The van der Waals surface area contributed by atoms with E-state index in [4.69, 9.17) is 15.0 Å². The molecule has 1 unspecified atom stereocenters. The van der Waals surface area contributed by atoms with E-state index in [-0.39, 0.29) is 18.6 Å². The lowest BCUT2D eigenvalue weighted by Crippen LogP contribution is -2.33. The van der Waals surface area contributed by atoms with Crippen LogP contribution in [-0.4, -0.2) is 49.7 Å². The van der Waals surface area contributed by atoms with Gasteiger partial charge >= 0.3 is 0 Å². The first-order valence-electron chi connectivity index (χ1n) is 11.9. The van der Waals surface area contributed by atoms with Crippen molar-refractivity contribution in [2.24, 2.45) is 0 Å². The van der Waals surface area contributed by atoms with Gasteiger partial charge in [-0.15, -0.1) is 0 Å². The van der Waals surface area contributed by atoms with Crippen LogP contribution in [0.5, 0.6) is 0 Å². The number of imidazole rings is 1. The largest absolute Gasteiger partial charge is 0.394 e. The summed E-state index contributed by atoms with van der Waals surface area (Å²) in [6, 6.07) is 7.96. The van der Waals surface area contributed by atoms with E-state index in [0.717, 1.165) is 54.8 Å². The Hall–Kier alpha value is -3.20. The highest BCUT2D eigenvalue weighted by molar-refractivity contribution is 5.89. The number of nitrogens with one attached hydrogen (secondary N) is 2. The lowest BCUT2D eigenvalue weighted by molar-refractivity contribution is -0.114. The minimum absolute atomic E-state index is 0.0401. The van der Waals surface area contributed by atoms with Gasteiger partial charge in [0, 0.05) is 30.9 Å². The van der Waals surface area contributed by atoms with Crippen LogP contribution < -0.4 is 15.5 Å². The van der Waals surface area contributed by atoms with Crippen molar-refractivity contribution >= 4 is 40.2 Å². The molecule has 5 rings (SSSR count). The SMILES string of the molecule is CC(=O)Nc1ccc(Nc2nc(N3CCCC3CO)nc3c2ncn3C2CCCCC2)cc1. The molecule has 1 aromatic carbocycles. The fourth-order valence-electron chi connectivity index (χ4n) is 5.01. The van der Waals surface area contributed by atoms with Crippen molar-refractivity contribution in [2.45, 2.75) is 64.0 Å². The smallest absolute Gasteiger partial charge is 0.229 e. The van der Waals surface area contributed by atoms with Gasteiger partial charge in [0.1, 0.15) is 0 Å². The minimum atomic E-state index is -0.102. The zero-order chi connectivity index (χ0) is 22.8. The second-order valence-corrected chi connectivity index (χ2v) is 9.04. The summed E-state index contributed by atoms with van der Waals surface area (Å²) in [6.45, 7) is 2.42. The van der Waals surface area contributed by atoms with Crippen molar-refractivity contribution < 1.29 is 9.90 Å². The number of carbonyl (C=O) groups excluding carboxylic acids is 1. The summed E-state index contributed by atoms with van der Waals surface area (Å²) in [7, 11) is 0. The number of benzene rings is 1. The van der Waals surface area contributed by atoms with Crippen molar-refractivity contribution in [1.82, 2.24) is 19.5 Å². The highest BCUT2D eigenvalue weighted by Gasteiger charge is 2.28. The average molecular weight is 450 g/mol. The Bertz CT molecular complexity index is 1120. The number of anilines is 4. The molecule has 3 heterocycles. The number of aromatic nitrogens is 4. The topological polar surface area (TPSA) is 108 Å². The molecule has 174 valence electrons. The number of aliphatic hydroxyl groups excluding tert-OH is 1. The number of hydrogen-bond acceptors (Lipinski definition) is 7. The van der Waals surface area contributed by atoms with E-state index in [1.165, 1.54) is 26.2 Å². The molecular weight excluding hydrogens is 418 g/mol. The van der Waals surface area contributed by atoms with Gasteiger partial charge in [-0.3, -0.25) is 4.79 Å². The molecule has 1 aliphatic carbocycles. The predicted molar refractivity (Wildman–Crippen MR) is 129 cm³/mol. The van der Waals surface area contributed by atoms with Crippen LogP contribution in [0, 0.1) is 0 Å². The molecule has 3 N–H and O–H groups in total. The lowest BCUT2D eigenvalue weighted by Gasteiger charge is -2.25. The normalized spacial score (nSPS) is 19.2. The standard InChI is InChI=1S/C24H31N7O2/c1-16(33)26-17-9-11-18(12-10-17)27-22-21-23(31(15-25-21)19-6-3-2-4-7-19)29-24(28-22)30-13-5-8-20(30)14-32/h9-12,15,19-20,32H,2-8,13-14H2,1H3,(H,26,33)(H,27,28,29). The number of amides is 1. The van der Waals surface area contributed by atoms with Crippen molar-refractivity contribution in [3.8, 4) is 0 Å². The molecule has 1 aliphatic heterocycles. The van der Waals surface area contributed by atoms with Crippen LogP contribution in [0.25, 0.3) is 11.2 Å². The molecule has 9 nitrogen and oxygen atoms in total. The Morgan fingerprint density at radius 3 is 2.55 bits per heavy atom. The molecule has 3 aromatic rings. The fraction of sp³-hybridized carbons (Fsp3) is 0.500. The van der Waals surface area contributed by atoms with Gasteiger partial charge in [-0.2, -0.15) is 9.97 Å². The first-order chi connectivity index (χ1) is 16.1. The summed E-state index contributed by atoms with van der Waals surface area (Å²) >= 11 is 0. The van der Waals surface area contributed by atoms with E-state index in [9.17, 15) is 9.90 Å². The molecule has 1 saturated carbocycles. The van der Waals surface area contributed by atoms with Gasteiger partial charge in [0.25, 0.3) is 0 Å². The second kappa shape index (κ2) is 9.35. The highest BCUT2D eigenvalue weighted by Crippen LogP contribution is 2.34. The van der Waals surface area contributed by atoms with Crippen LogP contribution in [0.15, 0.2) is 30.6 Å². The summed E-state index contributed by atoms with van der Waals surface area (Å²) in [5, 5.41) is 16.1. The van der Waals surface area contributed by atoms with Gasteiger partial charge < -0.3 is 25.2 Å². The molecule has 0 bridgehead atoms. The van der Waals surface area contributed by atoms with E-state index in [1.54, 1.807) is 0 Å². The summed E-state index contributed by atoms with van der Waals surface area (Å²) in [4.78, 5) is 27.9. The van der Waals surface area contributed by atoms with Crippen molar-refractivity contribution in [3.05, 3.63) is 30.6 Å². The first kappa shape index (κ1) is 21.6. The van der Waals surface area contributed by atoms with Gasteiger partial charge in [0.15, 0.2) is 17.0 Å². The molecule has 2 aromatic heterocycles. The van der Waals surface area contributed by atoms with Gasteiger partial charge in [0.05, 0.1) is 19.0 Å². The van der Waals surface area contributed by atoms with Crippen LogP contribution in [0.2, 0.25) is 0 Å². The molecule has 0 radical (unpaired) electrons. The van der Waals surface area contributed by atoms with Crippen LogP contribution in [0.1, 0.15) is 57.9 Å². The third-order valence-corrected chi connectivity index (χ3v) is 6.69. The highest BCUT2D eigenvalue weighted by atomic mass is 16.3. The fourth-order valence-corrected chi connectivity index (χ4v) is 5.01. The van der Waals surface area contributed by atoms with E-state index in [0.29, 0.717) is 17.8 Å². The van der Waals surface area contributed by atoms with Crippen molar-refractivity contribution in [3.63, 3.8) is 0 Å². The van der Waals surface area contributed by atoms with Gasteiger partial charge in [-0.05, 0) is 49.9 Å². The van der Waals surface area contributed by atoms with E-state index < -0.39 is 0 Å². The molecule has 2 fully saturated rings. The van der Waals surface area contributed by atoms with Crippen LogP contribution in [0.4, 0.5) is 23.1 Å². The number of rotatable bonds is 6. The van der Waals surface area contributed by atoms with Gasteiger partial charge in [-0.25, -0.2) is 4.98 Å². The van der Waals surface area contributed by atoms with Crippen molar-refractivity contribution in [1.29, 1.82) is 0 Å². The monoisotopic (exact) mass is 449 g/mol. The summed E-state index contributed by atoms with van der Waals surface area (Å²) in [5.41, 5.74) is 3.18. The summed E-state index contributed by atoms with van der Waals surface area (Å²) in [5.74, 6) is 1.18. The zero-order valence-corrected chi connectivity index (χ0v) is 19.0. The maximum Gasteiger partial charge on any atom is 0.229 e. The van der Waals surface area contributed by atoms with E-state index in [1.807, 2.05) is 30.6 Å². The molecule has 1 saturated heterocycles. The minimum Gasteiger partial charge on any atom is -0.394 e. The molecule has 9 heteroatoms. The number of carbonyl (C=O) groups is 1. The Balaban J connectivity index is 1.53. The zero-order valence-electron chi connectivity index (χ0n) is 19.0. The number of nitrogens with zero attached hydrogens (tertiary/aromatic N) is 5. The molecule has 0 spiro atoms. The van der Waals surface area contributed by atoms with E-state index >= 15 is 0 Å². The number of fused-ring (bicyclic) bond motifs is 1. The lowest BCUT2D eigenvalue weighted by atomic mass is 9.95. The molecule has 2 aliphatic rings. The third kappa shape index (κ3) is 4.50. The number of aliphatic hydroxyl groups is 1. The second-order valence-electron chi connectivity index (χ2n) is 9.04. The van der Waals surface area contributed by atoms with Crippen LogP contribution in [0.3, 0.4) is 0 Å². The Morgan fingerprint density at radius 2 is 1.82 bits per heavy atom. The molecular formula is C24H31N7O2. The summed E-state index contributed by atoms with van der Waals surface area (Å²) < 4.78 is 2.22. The molecule has 1 amide bonds. The first-order valence-corrected chi connectivity index (χ1v) is 11.9. The van der Waals surface area contributed by atoms with E-state index in [2.05, 4.69) is 20.1 Å². The number of hydrogen-bond donors (Lipinski definition) is 3. The quantitative estimate of drug-likeness (QED) is 0.522. The maximum absolute atomic E-state index is 11.3. The molecule has 1 atom stereocenters. The van der Waals surface area contributed by atoms with Gasteiger partial charge in [-0.1, -0.05) is 19.3 Å². The van der Waals surface area contributed by atoms with Crippen molar-refractivity contribution in [2.75, 3.05) is 28.7 Å². The maximum atomic E-state index is 11.3. The van der Waals surface area contributed by atoms with Crippen LogP contribution >= 0.6 is 0 Å².